The number of hydrogen-bond donors (Lipinski definition) is 0. The number of allylic oxidation sites excluding steroid dienone is 1. The second kappa shape index (κ2) is 4.82. The normalized spacial score (nSPS) is 16.4. The van der Waals surface area contributed by atoms with Gasteiger partial charge >= 0.3 is 6.18 Å². The maximum atomic E-state index is 12.7. The first-order valence-corrected chi connectivity index (χ1v) is 6.55. The molecule has 0 saturated heterocycles. The Balaban J connectivity index is 2.00. The Bertz CT molecular complexity index is 701. The number of rotatable bonds is 1. The minimum Gasteiger partial charge on any atom is -0.252 e. The molecule has 0 spiro atoms. The molecule has 1 aliphatic carbocycles. The van der Waals surface area contributed by atoms with Crippen LogP contribution in [0.3, 0.4) is 0 Å². The summed E-state index contributed by atoms with van der Waals surface area (Å²) >= 11 is 1.20. The molecule has 1 aliphatic rings. The van der Waals surface area contributed by atoms with E-state index in [0.717, 1.165) is 17.0 Å². The first-order chi connectivity index (χ1) is 9.54. The fraction of sp³-hybridized carbons (Fsp3) is 0.154. The molecule has 1 aromatic carbocycles. The molecule has 0 aliphatic heterocycles. The van der Waals surface area contributed by atoms with Crippen molar-refractivity contribution in [2.45, 2.75) is 12.6 Å². The van der Waals surface area contributed by atoms with E-state index in [4.69, 9.17) is 0 Å². The van der Waals surface area contributed by atoms with Gasteiger partial charge in [0.05, 0.1) is 21.8 Å². The number of aliphatic imine (C=N–C) groups is 1. The largest absolute Gasteiger partial charge is 0.416 e. The van der Waals surface area contributed by atoms with Crippen molar-refractivity contribution in [3.63, 3.8) is 0 Å². The van der Waals surface area contributed by atoms with Crippen LogP contribution in [0.1, 0.15) is 22.6 Å². The highest BCUT2D eigenvalue weighted by atomic mass is 32.1. The zero-order valence-corrected chi connectivity index (χ0v) is 10.9. The summed E-state index contributed by atoms with van der Waals surface area (Å²) in [5.74, 6) is 0. The van der Waals surface area contributed by atoms with Gasteiger partial charge in [-0.15, -0.1) is 5.10 Å². The van der Waals surface area contributed by atoms with Crippen LogP contribution in [0.25, 0.3) is 6.08 Å². The van der Waals surface area contributed by atoms with E-state index in [1.54, 1.807) is 6.07 Å². The minimum atomic E-state index is -4.36. The van der Waals surface area contributed by atoms with Gasteiger partial charge in [-0.1, -0.05) is 16.6 Å². The lowest BCUT2D eigenvalue weighted by Crippen LogP contribution is -2.05. The van der Waals surface area contributed by atoms with Crippen LogP contribution in [0.15, 0.2) is 35.3 Å². The van der Waals surface area contributed by atoms with Crippen LogP contribution >= 0.6 is 11.5 Å². The number of fused-ring (bicyclic) bond motifs is 1. The Morgan fingerprint density at radius 3 is 2.90 bits per heavy atom. The van der Waals surface area contributed by atoms with Crippen LogP contribution < -0.4 is 0 Å². The summed E-state index contributed by atoms with van der Waals surface area (Å²) in [5.41, 5.74) is 0.988. The first-order valence-electron chi connectivity index (χ1n) is 5.78. The van der Waals surface area contributed by atoms with Crippen LogP contribution in [0, 0.1) is 0 Å². The molecule has 3 nitrogen and oxygen atoms in total. The van der Waals surface area contributed by atoms with Crippen molar-refractivity contribution in [3.05, 3.63) is 46.5 Å². The molecule has 0 unspecified atom stereocenters. The van der Waals surface area contributed by atoms with Crippen molar-refractivity contribution in [2.75, 3.05) is 0 Å². The summed E-state index contributed by atoms with van der Waals surface area (Å²) in [6.45, 7) is 0. The fourth-order valence-electron chi connectivity index (χ4n) is 1.89. The van der Waals surface area contributed by atoms with Crippen molar-refractivity contribution < 1.29 is 13.2 Å². The van der Waals surface area contributed by atoms with E-state index >= 15 is 0 Å². The van der Waals surface area contributed by atoms with Crippen LogP contribution in [-0.2, 0) is 6.18 Å². The van der Waals surface area contributed by atoms with Crippen LogP contribution in [-0.4, -0.2) is 15.3 Å². The molecule has 7 heteroatoms. The SMILES string of the molecule is FC(F)(F)c1cccc(N=C2CC=Cc3nnsc32)c1. The third-order valence-electron chi connectivity index (χ3n) is 2.80. The van der Waals surface area contributed by atoms with Crippen molar-refractivity contribution in [1.82, 2.24) is 9.59 Å². The van der Waals surface area contributed by atoms with Crippen LogP contribution in [0.4, 0.5) is 18.9 Å². The highest BCUT2D eigenvalue weighted by Gasteiger charge is 2.30. The van der Waals surface area contributed by atoms with Gasteiger partial charge in [0.1, 0.15) is 5.69 Å². The van der Waals surface area contributed by atoms with Crippen LogP contribution in [0.2, 0.25) is 0 Å². The van der Waals surface area contributed by atoms with Gasteiger partial charge in [-0.25, -0.2) is 0 Å². The van der Waals surface area contributed by atoms with Crippen molar-refractivity contribution in [1.29, 1.82) is 0 Å². The molecule has 0 N–H and O–H groups in total. The van der Waals surface area contributed by atoms with E-state index in [0.29, 0.717) is 17.8 Å². The van der Waals surface area contributed by atoms with E-state index in [-0.39, 0.29) is 5.69 Å². The molecule has 1 heterocycles. The first kappa shape index (κ1) is 13.0. The van der Waals surface area contributed by atoms with E-state index in [2.05, 4.69) is 14.6 Å². The number of nitrogens with zero attached hydrogens (tertiary/aromatic N) is 3. The molecule has 0 radical (unpaired) electrons. The number of halogens is 3. The molecule has 0 atom stereocenters. The summed E-state index contributed by atoms with van der Waals surface area (Å²) in [7, 11) is 0. The molecule has 3 rings (SSSR count). The smallest absolute Gasteiger partial charge is 0.252 e. The Morgan fingerprint density at radius 2 is 2.10 bits per heavy atom. The van der Waals surface area contributed by atoms with Crippen molar-refractivity contribution in [3.8, 4) is 0 Å². The molecule has 20 heavy (non-hydrogen) atoms. The zero-order valence-electron chi connectivity index (χ0n) is 10.1. The predicted octanol–water partition coefficient (Wildman–Crippen LogP) is 4.09. The average molecular weight is 295 g/mol. The fourth-order valence-corrected chi connectivity index (χ4v) is 2.53. The summed E-state index contributed by atoms with van der Waals surface area (Å²) in [6, 6.07) is 4.98. The highest BCUT2D eigenvalue weighted by molar-refractivity contribution is 7.08. The van der Waals surface area contributed by atoms with Crippen molar-refractivity contribution in [2.24, 2.45) is 4.99 Å². The molecule has 0 saturated carbocycles. The second-order valence-electron chi connectivity index (χ2n) is 4.20. The predicted molar refractivity (Wildman–Crippen MR) is 71.2 cm³/mol. The van der Waals surface area contributed by atoms with Gasteiger partial charge in [-0.05, 0) is 35.8 Å². The molecular formula is C13H8F3N3S. The van der Waals surface area contributed by atoms with Crippen molar-refractivity contribution >= 4 is 29.0 Å². The summed E-state index contributed by atoms with van der Waals surface area (Å²) in [5, 5.41) is 3.93. The summed E-state index contributed by atoms with van der Waals surface area (Å²) < 4.78 is 41.8. The molecule has 0 amide bonds. The Kier molecular flexibility index (Phi) is 3.13. The Morgan fingerprint density at radius 1 is 1.25 bits per heavy atom. The van der Waals surface area contributed by atoms with Gasteiger partial charge in [0, 0.05) is 6.42 Å². The minimum absolute atomic E-state index is 0.282. The van der Waals surface area contributed by atoms with Gasteiger partial charge < -0.3 is 0 Å². The Hall–Kier alpha value is -2.02. The zero-order chi connectivity index (χ0) is 14.2. The topological polar surface area (TPSA) is 38.1 Å². The van der Waals surface area contributed by atoms with Gasteiger partial charge in [-0.3, -0.25) is 4.99 Å². The van der Waals surface area contributed by atoms with Gasteiger partial charge in [-0.2, -0.15) is 13.2 Å². The third-order valence-corrected chi connectivity index (χ3v) is 3.59. The monoisotopic (exact) mass is 295 g/mol. The standard InChI is InChI=1S/C13H8F3N3S/c14-13(15,16)8-3-1-4-9(7-8)17-10-5-2-6-11-12(10)20-19-18-11/h1-4,6-7H,5H2. The maximum Gasteiger partial charge on any atom is 0.416 e. The number of benzene rings is 1. The van der Waals surface area contributed by atoms with E-state index < -0.39 is 11.7 Å². The number of hydrogen-bond acceptors (Lipinski definition) is 4. The molecule has 2 aromatic rings. The Labute approximate surface area is 116 Å². The molecule has 0 bridgehead atoms. The van der Waals surface area contributed by atoms with Gasteiger partial charge in [0.25, 0.3) is 0 Å². The third kappa shape index (κ3) is 2.49. The molecule has 1 aromatic heterocycles. The molecule has 102 valence electrons. The lowest BCUT2D eigenvalue weighted by Gasteiger charge is -2.09. The summed E-state index contributed by atoms with van der Waals surface area (Å²) in [6.07, 6.45) is -0.0901. The second-order valence-corrected chi connectivity index (χ2v) is 4.95. The van der Waals surface area contributed by atoms with E-state index in [1.807, 2.05) is 12.2 Å². The lowest BCUT2D eigenvalue weighted by molar-refractivity contribution is -0.137. The molecule has 0 fully saturated rings. The van der Waals surface area contributed by atoms with Gasteiger partial charge in [0.2, 0.25) is 0 Å². The van der Waals surface area contributed by atoms with E-state index in [1.165, 1.54) is 17.6 Å². The van der Waals surface area contributed by atoms with E-state index in [9.17, 15) is 13.2 Å². The number of aromatic nitrogens is 2. The molecular weight excluding hydrogens is 287 g/mol. The van der Waals surface area contributed by atoms with Gasteiger partial charge in [0.15, 0.2) is 0 Å². The number of alkyl halides is 3. The summed E-state index contributed by atoms with van der Waals surface area (Å²) in [4.78, 5) is 5.11. The highest BCUT2D eigenvalue weighted by Crippen LogP contribution is 2.32. The quantitative estimate of drug-likeness (QED) is 0.794. The lowest BCUT2D eigenvalue weighted by atomic mass is 10.1. The average Bonchev–Trinajstić information content (AvgIpc) is 2.87. The maximum absolute atomic E-state index is 12.7. The van der Waals surface area contributed by atoms with Crippen LogP contribution in [0.5, 0.6) is 0 Å².